The van der Waals surface area contributed by atoms with Crippen LogP contribution >= 0.6 is 11.6 Å². The van der Waals surface area contributed by atoms with E-state index in [1.807, 2.05) is 50.2 Å². The lowest BCUT2D eigenvalue weighted by atomic mass is 10.1. The van der Waals surface area contributed by atoms with Crippen LogP contribution in [-0.4, -0.2) is 6.03 Å². The molecule has 2 amide bonds. The quantitative estimate of drug-likeness (QED) is 0.869. The van der Waals surface area contributed by atoms with Crippen LogP contribution in [0.1, 0.15) is 16.7 Å². The highest BCUT2D eigenvalue weighted by Gasteiger charge is 2.03. The first-order valence-corrected chi connectivity index (χ1v) is 6.79. The van der Waals surface area contributed by atoms with Crippen LogP contribution in [0.5, 0.6) is 0 Å². The third-order valence-electron chi connectivity index (χ3n) is 3.00. The van der Waals surface area contributed by atoms with Gasteiger partial charge in [-0.2, -0.15) is 0 Å². The van der Waals surface area contributed by atoms with Crippen LogP contribution in [0.15, 0.2) is 42.5 Å². The fourth-order valence-electron chi connectivity index (χ4n) is 1.73. The number of carbonyl (C=O) groups excluding carboxylic acids is 1. The van der Waals surface area contributed by atoms with Gasteiger partial charge in [-0.3, -0.25) is 0 Å². The maximum atomic E-state index is 11.8. The van der Waals surface area contributed by atoms with Crippen LogP contribution in [0, 0.1) is 13.8 Å². The van der Waals surface area contributed by atoms with Crippen LogP contribution in [-0.2, 0) is 6.54 Å². The third-order valence-corrected chi connectivity index (χ3v) is 3.41. The number of carbonyl (C=O) groups is 1. The molecule has 0 saturated carbocycles. The number of rotatable bonds is 3. The Morgan fingerprint density at radius 1 is 1.10 bits per heavy atom. The van der Waals surface area contributed by atoms with Crippen molar-refractivity contribution >= 4 is 23.3 Å². The summed E-state index contributed by atoms with van der Waals surface area (Å²) in [5.74, 6) is 0. The number of nitrogens with one attached hydrogen (secondary N) is 2. The number of urea groups is 1. The van der Waals surface area contributed by atoms with Gasteiger partial charge >= 0.3 is 6.03 Å². The first-order valence-electron chi connectivity index (χ1n) is 6.41. The predicted molar refractivity (Wildman–Crippen MR) is 83.2 cm³/mol. The molecule has 0 spiro atoms. The molecule has 0 aromatic heterocycles. The minimum atomic E-state index is -0.245. The zero-order valence-electron chi connectivity index (χ0n) is 11.5. The fraction of sp³-hybridized carbons (Fsp3) is 0.188. The Labute approximate surface area is 124 Å². The highest BCUT2D eigenvalue weighted by molar-refractivity contribution is 6.31. The van der Waals surface area contributed by atoms with Crippen molar-refractivity contribution < 1.29 is 4.79 Å². The van der Waals surface area contributed by atoms with E-state index in [4.69, 9.17) is 11.6 Å². The van der Waals surface area contributed by atoms with E-state index in [2.05, 4.69) is 10.6 Å². The number of amides is 2. The number of halogens is 1. The van der Waals surface area contributed by atoms with Crippen molar-refractivity contribution in [2.45, 2.75) is 20.4 Å². The smallest absolute Gasteiger partial charge is 0.319 e. The second-order valence-corrected chi connectivity index (χ2v) is 5.16. The summed E-state index contributed by atoms with van der Waals surface area (Å²) in [6, 6.07) is 13.2. The van der Waals surface area contributed by atoms with E-state index in [-0.39, 0.29) is 6.03 Å². The summed E-state index contributed by atoms with van der Waals surface area (Å²) in [7, 11) is 0. The molecule has 0 unspecified atom stereocenters. The van der Waals surface area contributed by atoms with E-state index >= 15 is 0 Å². The van der Waals surface area contributed by atoms with E-state index in [9.17, 15) is 4.79 Å². The van der Waals surface area contributed by atoms with Gasteiger partial charge in [-0.25, -0.2) is 4.79 Å². The van der Waals surface area contributed by atoms with Crippen molar-refractivity contribution in [3.05, 3.63) is 64.2 Å². The van der Waals surface area contributed by atoms with Crippen LogP contribution < -0.4 is 10.6 Å². The molecule has 0 aliphatic rings. The first-order chi connectivity index (χ1) is 9.54. The van der Waals surface area contributed by atoms with Gasteiger partial charge in [0.25, 0.3) is 0 Å². The lowest BCUT2D eigenvalue weighted by Crippen LogP contribution is -2.28. The zero-order chi connectivity index (χ0) is 14.5. The maximum absolute atomic E-state index is 11.8. The van der Waals surface area contributed by atoms with Crippen molar-refractivity contribution in [2.75, 3.05) is 5.32 Å². The van der Waals surface area contributed by atoms with E-state index in [1.54, 1.807) is 6.07 Å². The maximum Gasteiger partial charge on any atom is 0.319 e. The van der Waals surface area contributed by atoms with Crippen LogP contribution in [0.2, 0.25) is 5.02 Å². The Morgan fingerprint density at radius 3 is 2.45 bits per heavy atom. The Kier molecular flexibility index (Phi) is 4.64. The molecule has 0 heterocycles. The molecular formula is C16H17ClN2O. The lowest BCUT2D eigenvalue weighted by Gasteiger charge is -2.09. The van der Waals surface area contributed by atoms with Crippen molar-refractivity contribution in [3.8, 4) is 0 Å². The van der Waals surface area contributed by atoms with Crippen LogP contribution in [0.4, 0.5) is 10.5 Å². The zero-order valence-corrected chi connectivity index (χ0v) is 12.3. The van der Waals surface area contributed by atoms with Crippen molar-refractivity contribution in [3.63, 3.8) is 0 Å². The summed E-state index contributed by atoms with van der Waals surface area (Å²) < 4.78 is 0. The fourth-order valence-corrected chi connectivity index (χ4v) is 1.91. The summed E-state index contributed by atoms with van der Waals surface area (Å²) in [5.41, 5.74) is 3.93. The number of hydrogen-bond donors (Lipinski definition) is 2. The second kappa shape index (κ2) is 6.44. The van der Waals surface area contributed by atoms with Crippen LogP contribution in [0.3, 0.4) is 0 Å². The molecule has 2 rings (SSSR count). The lowest BCUT2D eigenvalue weighted by molar-refractivity contribution is 0.251. The topological polar surface area (TPSA) is 41.1 Å². The third kappa shape index (κ3) is 4.00. The molecule has 2 N–H and O–H groups in total. The van der Waals surface area contributed by atoms with E-state index < -0.39 is 0 Å². The number of benzene rings is 2. The van der Waals surface area contributed by atoms with E-state index in [1.165, 1.54) is 5.56 Å². The van der Waals surface area contributed by atoms with Gasteiger partial charge in [0.15, 0.2) is 0 Å². The van der Waals surface area contributed by atoms with Gasteiger partial charge in [0.1, 0.15) is 0 Å². The van der Waals surface area contributed by atoms with Gasteiger partial charge in [-0.05, 0) is 37.1 Å². The van der Waals surface area contributed by atoms with Gasteiger partial charge < -0.3 is 10.6 Å². The van der Waals surface area contributed by atoms with Gasteiger partial charge in [0.05, 0.1) is 0 Å². The predicted octanol–water partition coefficient (Wildman–Crippen LogP) is 4.28. The van der Waals surface area contributed by atoms with Gasteiger partial charge in [0.2, 0.25) is 0 Å². The molecule has 0 bridgehead atoms. The normalized spacial score (nSPS) is 10.2. The first kappa shape index (κ1) is 14.4. The molecule has 0 atom stereocenters. The second-order valence-electron chi connectivity index (χ2n) is 4.76. The number of hydrogen-bond acceptors (Lipinski definition) is 1. The summed E-state index contributed by atoms with van der Waals surface area (Å²) in [6.07, 6.45) is 0. The minimum absolute atomic E-state index is 0.245. The van der Waals surface area contributed by atoms with E-state index in [0.717, 1.165) is 11.1 Å². The molecule has 3 nitrogen and oxygen atoms in total. The SMILES string of the molecule is Cc1ccc(CNC(=O)Nc2ccc(C)c(Cl)c2)cc1. The van der Waals surface area contributed by atoms with Crippen molar-refractivity contribution in [1.29, 1.82) is 0 Å². The monoisotopic (exact) mass is 288 g/mol. The molecule has 0 radical (unpaired) electrons. The Balaban J connectivity index is 1.89. The van der Waals surface area contributed by atoms with E-state index in [0.29, 0.717) is 17.3 Å². The molecule has 0 saturated heterocycles. The number of aryl methyl sites for hydroxylation is 2. The average Bonchev–Trinajstić information content (AvgIpc) is 2.42. The standard InChI is InChI=1S/C16H17ClN2O/c1-11-3-6-13(7-4-11)10-18-16(20)19-14-8-5-12(2)15(17)9-14/h3-9H,10H2,1-2H3,(H2,18,19,20). The molecule has 4 heteroatoms. The van der Waals surface area contributed by atoms with Gasteiger partial charge in [0, 0.05) is 17.3 Å². The van der Waals surface area contributed by atoms with Gasteiger partial charge in [-0.15, -0.1) is 0 Å². The molecular weight excluding hydrogens is 272 g/mol. The summed E-state index contributed by atoms with van der Waals surface area (Å²) in [5, 5.41) is 6.21. The summed E-state index contributed by atoms with van der Waals surface area (Å²) in [6.45, 7) is 4.44. The van der Waals surface area contributed by atoms with Crippen LogP contribution in [0.25, 0.3) is 0 Å². The average molecular weight is 289 g/mol. The molecule has 0 fully saturated rings. The molecule has 104 valence electrons. The molecule has 20 heavy (non-hydrogen) atoms. The van der Waals surface area contributed by atoms with Crippen molar-refractivity contribution in [2.24, 2.45) is 0 Å². The highest BCUT2D eigenvalue weighted by Crippen LogP contribution is 2.19. The Hall–Kier alpha value is -2.00. The summed E-state index contributed by atoms with van der Waals surface area (Å²) in [4.78, 5) is 11.8. The number of anilines is 1. The molecule has 2 aromatic carbocycles. The molecule has 0 aliphatic heterocycles. The highest BCUT2D eigenvalue weighted by atomic mass is 35.5. The minimum Gasteiger partial charge on any atom is -0.334 e. The molecule has 0 aliphatic carbocycles. The van der Waals surface area contributed by atoms with Crippen molar-refractivity contribution in [1.82, 2.24) is 5.32 Å². The van der Waals surface area contributed by atoms with Gasteiger partial charge in [-0.1, -0.05) is 47.5 Å². The summed E-state index contributed by atoms with van der Waals surface area (Å²) >= 11 is 6.01. The largest absolute Gasteiger partial charge is 0.334 e. The Morgan fingerprint density at radius 2 is 1.80 bits per heavy atom. The molecule has 2 aromatic rings. The Bertz CT molecular complexity index is 608.